The summed E-state index contributed by atoms with van der Waals surface area (Å²) < 4.78 is 7.53. The van der Waals surface area contributed by atoms with Gasteiger partial charge in [0.25, 0.3) is 5.89 Å². The van der Waals surface area contributed by atoms with Crippen molar-refractivity contribution in [3.63, 3.8) is 0 Å². The molecule has 1 aromatic carbocycles. The molecule has 1 saturated carbocycles. The van der Waals surface area contributed by atoms with E-state index < -0.39 is 0 Å². The maximum Gasteiger partial charge on any atom is 0.258 e. The molecule has 0 aliphatic heterocycles. The van der Waals surface area contributed by atoms with Crippen molar-refractivity contribution in [2.24, 2.45) is 0 Å². The monoisotopic (exact) mass is 346 g/mol. The van der Waals surface area contributed by atoms with Crippen molar-refractivity contribution < 1.29 is 4.52 Å². The van der Waals surface area contributed by atoms with E-state index in [9.17, 15) is 0 Å². The van der Waals surface area contributed by atoms with E-state index in [1.54, 1.807) is 6.20 Å². The third kappa shape index (κ3) is 2.47. The van der Waals surface area contributed by atoms with E-state index in [-0.39, 0.29) is 0 Å². The first-order valence-corrected chi connectivity index (χ1v) is 8.90. The smallest absolute Gasteiger partial charge is 0.258 e. The van der Waals surface area contributed by atoms with Crippen LogP contribution in [-0.4, -0.2) is 30.1 Å². The standard InChI is InChI=1S/C19H18N6O/c1-12-15(7-4-10-20-12)18-21-19(26-23-18)13-8-9-17-16(11-13)22-24-25(17)14-5-2-3-6-14/h4,7-11,14H,2-3,5-6H2,1H3. The van der Waals surface area contributed by atoms with E-state index in [2.05, 4.69) is 30.1 Å². The molecule has 0 atom stereocenters. The van der Waals surface area contributed by atoms with E-state index >= 15 is 0 Å². The molecule has 3 heterocycles. The van der Waals surface area contributed by atoms with Crippen molar-refractivity contribution in [1.29, 1.82) is 0 Å². The summed E-state index contributed by atoms with van der Waals surface area (Å²) in [7, 11) is 0. The van der Waals surface area contributed by atoms with Crippen LogP contribution >= 0.6 is 0 Å². The lowest BCUT2D eigenvalue weighted by molar-refractivity contribution is 0.432. The highest BCUT2D eigenvalue weighted by Crippen LogP contribution is 2.32. The Balaban J connectivity index is 1.51. The number of hydrogen-bond acceptors (Lipinski definition) is 6. The topological polar surface area (TPSA) is 82.5 Å². The number of pyridine rings is 1. The highest BCUT2D eigenvalue weighted by atomic mass is 16.5. The Kier molecular flexibility index (Phi) is 3.51. The number of nitrogens with zero attached hydrogens (tertiary/aromatic N) is 6. The number of benzene rings is 1. The maximum absolute atomic E-state index is 5.47. The molecule has 7 heteroatoms. The van der Waals surface area contributed by atoms with Crippen molar-refractivity contribution in [3.8, 4) is 22.8 Å². The predicted octanol–water partition coefficient (Wildman–Crippen LogP) is 3.97. The van der Waals surface area contributed by atoms with Crippen LogP contribution in [0.15, 0.2) is 41.1 Å². The lowest BCUT2D eigenvalue weighted by Crippen LogP contribution is -2.06. The lowest BCUT2D eigenvalue weighted by Gasteiger charge is -2.09. The molecule has 0 bridgehead atoms. The maximum atomic E-state index is 5.47. The first kappa shape index (κ1) is 15.2. The predicted molar refractivity (Wildman–Crippen MR) is 96.3 cm³/mol. The zero-order valence-corrected chi connectivity index (χ0v) is 14.5. The third-order valence-electron chi connectivity index (χ3n) is 5.06. The summed E-state index contributed by atoms with van der Waals surface area (Å²) in [5, 5.41) is 12.8. The molecule has 26 heavy (non-hydrogen) atoms. The fourth-order valence-electron chi connectivity index (χ4n) is 3.66. The fourth-order valence-corrected chi connectivity index (χ4v) is 3.66. The number of fused-ring (bicyclic) bond motifs is 1. The molecule has 7 nitrogen and oxygen atoms in total. The minimum atomic E-state index is 0.467. The highest BCUT2D eigenvalue weighted by molar-refractivity contribution is 5.80. The molecule has 130 valence electrons. The summed E-state index contributed by atoms with van der Waals surface area (Å²) in [5.41, 5.74) is 4.50. The summed E-state index contributed by atoms with van der Waals surface area (Å²) in [5.74, 6) is 1.01. The van der Waals surface area contributed by atoms with Crippen LogP contribution in [-0.2, 0) is 0 Å². The SMILES string of the molecule is Cc1ncccc1-c1noc(-c2ccc3c(c2)nnn3C2CCCC2)n1. The second kappa shape index (κ2) is 6.01. The van der Waals surface area contributed by atoms with Crippen LogP contribution in [0.25, 0.3) is 33.9 Å². The Morgan fingerprint density at radius 1 is 1.15 bits per heavy atom. The Bertz CT molecular complexity index is 1080. The summed E-state index contributed by atoms with van der Waals surface area (Å²) >= 11 is 0. The number of aromatic nitrogens is 6. The number of rotatable bonds is 3. The second-order valence-electron chi connectivity index (χ2n) is 6.74. The van der Waals surface area contributed by atoms with Gasteiger partial charge in [-0.05, 0) is 50.1 Å². The van der Waals surface area contributed by atoms with Gasteiger partial charge in [0.15, 0.2) is 0 Å². The lowest BCUT2D eigenvalue weighted by atomic mass is 10.1. The van der Waals surface area contributed by atoms with Crippen LogP contribution in [0.2, 0.25) is 0 Å². The van der Waals surface area contributed by atoms with Gasteiger partial charge in [-0.15, -0.1) is 5.10 Å². The normalized spacial score (nSPS) is 15.1. The Hall–Kier alpha value is -3.09. The van der Waals surface area contributed by atoms with E-state index in [4.69, 9.17) is 4.52 Å². The van der Waals surface area contributed by atoms with Crippen molar-refractivity contribution in [3.05, 3.63) is 42.2 Å². The molecule has 1 aliphatic rings. The molecule has 0 spiro atoms. The van der Waals surface area contributed by atoms with Crippen molar-refractivity contribution in [2.45, 2.75) is 38.6 Å². The first-order chi connectivity index (χ1) is 12.8. The van der Waals surface area contributed by atoms with Crippen molar-refractivity contribution in [1.82, 2.24) is 30.1 Å². The van der Waals surface area contributed by atoms with Crippen LogP contribution in [0.5, 0.6) is 0 Å². The van der Waals surface area contributed by atoms with Gasteiger partial charge in [-0.25, -0.2) is 4.68 Å². The number of aryl methyl sites for hydroxylation is 1. The quantitative estimate of drug-likeness (QED) is 0.558. The van der Waals surface area contributed by atoms with E-state index in [0.29, 0.717) is 17.8 Å². The van der Waals surface area contributed by atoms with Crippen LogP contribution in [0.4, 0.5) is 0 Å². The van der Waals surface area contributed by atoms with E-state index in [1.165, 1.54) is 25.7 Å². The highest BCUT2D eigenvalue weighted by Gasteiger charge is 2.21. The van der Waals surface area contributed by atoms with Crippen LogP contribution in [0, 0.1) is 6.92 Å². The molecule has 3 aromatic heterocycles. The van der Waals surface area contributed by atoms with Crippen LogP contribution < -0.4 is 0 Å². The first-order valence-electron chi connectivity index (χ1n) is 8.90. The molecule has 0 saturated heterocycles. The zero-order valence-electron chi connectivity index (χ0n) is 14.5. The molecule has 4 aromatic rings. The van der Waals surface area contributed by atoms with Crippen molar-refractivity contribution in [2.75, 3.05) is 0 Å². The largest absolute Gasteiger partial charge is 0.334 e. The van der Waals surface area contributed by atoms with E-state index in [1.807, 2.05) is 37.3 Å². The van der Waals surface area contributed by atoms with Gasteiger partial charge in [-0.1, -0.05) is 23.2 Å². The Morgan fingerprint density at radius 2 is 2.04 bits per heavy atom. The molecule has 0 unspecified atom stereocenters. The summed E-state index contributed by atoms with van der Waals surface area (Å²) in [4.78, 5) is 8.81. The van der Waals surface area contributed by atoms with Gasteiger partial charge in [0.05, 0.1) is 11.6 Å². The minimum Gasteiger partial charge on any atom is -0.334 e. The molecule has 1 fully saturated rings. The van der Waals surface area contributed by atoms with Gasteiger partial charge in [0.1, 0.15) is 5.52 Å². The van der Waals surface area contributed by atoms with Gasteiger partial charge in [0, 0.05) is 23.0 Å². The molecular weight excluding hydrogens is 328 g/mol. The summed E-state index contributed by atoms with van der Waals surface area (Å²) in [6, 6.07) is 10.3. The zero-order chi connectivity index (χ0) is 17.5. The molecular formula is C19H18N6O. The Morgan fingerprint density at radius 3 is 2.88 bits per heavy atom. The fraction of sp³-hybridized carbons (Fsp3) is 0.316. The second-order valence-corrected chi connectivity index (χ2v) is 6.74. The van der Waals surface area contributed by atoms with Crippen LogP contribution in [0.1, 0.15) is 37.4 Å². The van der Waals surface area contributed by atoms with Gasteiger partial charge in [-0.3, -0.25) is 4.98 Å². The van der Waals surface area contributed by atoms with Crippen LogP contribution in [0.3, 0.4) is 0 Å². The van der Waals surface area contributed by atoms with Gasteiger partial charge < -0.3 is 4.52 Å². The number of hydrogen-bond donors (Lipinski definition) is 0. The van der Waals surface area contributed by atoms with E-state index in [0.717, 1.165) is 27.9 Å². The summed E-state index contributed by atoms with van der Waals surface area (Å²) in [6.07, 6.45) is 6.64. The van der Waals surface area contributed by atoms with Gasteiger partial charge in [0.2, 0.25) is 5.82 Å². The molecule has 5 rings (SSSR count). The molecule has 0 N–H and O–H groups in total. The average molecular weight is 346 g/mol. The third-order valence-corrected chi connectivity index (χ3v) is 5.06. The van der Waals surface area contributed by atoms with Gasteiger partial charge in [-0.2, -0.15) is 4.98 Å². The Labute approximate surface area is 150 Å². The van der Waals surface area contributed by atoms with Crippen molar-refractivity contribution >= 4 is 11.0 Å². The molecule has 0 radical (unpaired) electrons. The minimum absolute atomic E-state index is 0.467. The summed E-state index contributed by atoms with van der Waals surface area (Å²) in [6.45, 7) is 1.93. The average Bonchev–Trinajstić information content (AvgIpc) is 3.41. The molecule has 0 amide bonds. The van der Waals surface area contributed by atoms with Gasteiger partial charge >= 0.3 is 0 Å². The molecule has 1 aliphatic carbocycles.